The minimum Gasteiger partial charge on any atom is -0.497 e. The Morgan fingerprint density at radius 2 is 1.89 bits per heavy atom. The van der Waals surface area contributed by atoms with Crippen molar-refractivity contribution in [2.24, 2.45) is 0 Å². The van der Waals surface area contributed by atoms with Gasteiger partial charge in [0.15, 0.2) is 0 Å². The summed E-state index contributed by atoms with van der Waals surface area (Å²) in [7, 11) is 3.21. The number of aromatic nitrogens is 2. The van der Waals surface area contributed by atoms with Gasteiger partial charge in [-0.3, -0.25) is 9.69 Å². The van der Waals surface area contributed by atoms with Gasteiger partial charge in [-0.15, -0.1) is 11.3 Å². The van der Waals surface area contributed by atoms with Gasteiger partial charge in [0.25, 0.3) is 5.91 Å². The summed E-state index contributed by atoms with van der Waals surface area (Å²) in [6.45, 7) is 3.52. The molecule has 8 nitrogen and oxygen atoms in total. The van der Waals surface area contributed by atoms with Gasteiger partial charge < -0.3 is 19.5 Å². The molecule has 4 aromatic rings. The lowest BCUT2D eigenvalue weighted by atomic mass is 10.1. The number of rotatable bonds is 9. The number of carbonyl (C=O) groups excluding carboxylic acids is 1. The molecule has 1 aliphatic heterocycles. The number of benzene rings is 2. The molecule has 0 saturated carbocycles. The lowest BCUT2D eigenvalue weighted by molar-refractivity contribution is 0.0169. The number of thiophene rings is 1. The number of ether oxygens (including phenoxy) is 3. The molecule has 1 aliphatic rings. The maximum Gasteiger partial charge on any atom is 0.255 e. The van der Waals surface area contributed by atoms with Crippen molar-refractivity contribution in [1.29, 1.82) is 0 Å². The first-order valence-electron chi connectivity index (χ1n) is 12.2. The van der Waals surface area contributed by atoms with Gasteiger partial charge in [-0.05, 0) is 41.8 Å². The standard InChI is InChI=1S/C28H30N4O4S/c1-34-21-10-11-25(35-2)22(17-21)27-23(19-32(30-27)20-7-4-3-5-8-20)28(33)29-18-24(26-9-6-16-37-26)31-12-14-36-15-13-31/h3-11,16-17,19,24H,12-15,18H2,1-2H3,(H,29,33)/t24-/m0/s1. The SMILES string of the molecule is COc1ccc(OC)c(-c2nn(-c3ccccc3)cc2C(=O)NC[C@@H](c2cccs2)N2CCOCC2)c1. The van der Waals surface area contributed by atoms with E-state index in [-0.39, 0.29) is 11.9 Å². The molecule has 0 bridgehead atoms. The highest BCUT2D eigenvalue weighted by molar-refractivity contribution is 7.10. The van der Waals surface area contributed by atoms with E-state index in [1.54, 1.807) is 36.4 Å². The second kappa shape index (κ2) is 11.6. The fourth-order valence-electron chi connectivity index (χ4n) is 4.52. The van der Waals surface area contributed by atoms with Crippen LogP contribution in [0, 0.1) is 0 Å². The molecule has 1 atom stereocenters. The molecule has 1 saturated heterocycles. The van der Waals surface area contributed by atoms with Crippen molar-refractivity contribution in [2.75, 3.05) is 47.1 Å². The van der Waals surface area contributed by atoms with Crippen molar-refractivity contribution in [3.8, 4) is 28.4 Å². The third-order valence-corrected chi connectivity index (χ3v) is 7.43. The van der Waals surface area contributed by atoms with E-state index in [2.05, 4.69) is 21.7 Å². The predicted molar refractivity (Wildman–Crippen MR) is 144 cm³/mol. The fourth-order valence-corrected chi connectivity index (χ4v) is 5.38. The predicted octanol–water partition coefficient (Wildman–Crippen LogP) is 4.42. The quantitative estimate of drug-likeness (QED) is 0.354. The average Bonchev–Trinajstić information content (AvgIpc) is 3.65. The van der Waals surface area contributed by atoms with Crippen molar-refractivity contribution >= 4 is 17.2 Å². The van der Waals surface area contributed by atoms with Crippen molar-refractivity contribution in [1.82, 2.24) is 20.0 Å². The van der Waals surface area contributed by atoms with Gasteiger partial charge in [0.2, 0.25) is 0 Å². The van der Waals surface area contributed by atoms with Crippen LogP contribution in [-0.4, -0.2) is 67.7 Å². The Hall–Kier alpha value is -3.66. The van der Waals surface area contributed by atoms with Gasteiger partial charge in [0, 0.05) is 36.3 Å². The van der Waals surface area contributed by atoms with Crippen LogP contribution >= 0.6 is 11.3 Å². The second-order valence-corrected chi connectivity index (χ2v) is 9.61. The molecule has 2 aromatic carbocycles. The highest BCUT2D eigenvalue weighted by atomic mass is 32.1. The smallest absolute Gasteiger partial charge is 0.255 e. The summed E-state index contributed by atoms with van der Waals surface area (Å²) >= 11 is 1.70. The van der Waals surface area contributed by atoms with E-state index in [1.165, 1.54) is 4.88 Å². The van der Waals surface area contributed by atoms with E-state index in [0.717, 1.165) is 18.8 Å². The molecule has 2 aromatic heterocycles. The van der Waals surface area contributed by atoms with E-state index in [1.807, 2.05) is 54.6 Å². The molecular formula is C28H30N4O4S. The topological polar surface area (TPSA) is 77.8 Å². The summed E-state index contributed by atoms with van der Waals surface area (Å²) in [5.41, 5.74) is 2.53. The summed E-state index contributed by atoms with van der Waals surface area (Å²) in [6, 6.07) is 19.5. The largest absolute Gasteiger partial charge is 0.497 e. The zero-order valence-electron chi connectivity index (χ0n) is 20.9. The number of hydrogen-bond donors (Lipinski definition) is 1. The van der Waals surface area contributed by atoms with Crippen LogP contribution in [0.4, 0.5) is 0 Å². The summed E-state index contributed by atoms with van der Waals surface area (Å²) in [4.78, 5) is 17.3. The van der Waals surface area contributed by atoms with E-state index in [0.29, 0.717) is 48.1 Å². The number of nitrogens with one attached hydrogen (secondary N) is 1. The molecule has 0 radical (unpaired) electrons. The van der Waals surface area contributed by atoms with E-state index in [9.17, 15) is 4.79 Å². The number of nitrogens with zero attached hydrogens (tertiary/aromatic N) is 3. The Bertz CT molecular complexity index is 1320. The van der Waals surface area contributed by atoms with Crippen LogP contribution in [0.25, 0.3) is 16.9 Å². The molecule has 1 fully saturated rings. The first-order chi connectivity index (χ1) is 18.2. The molecule has 0 aliphatic carbocycles. The van der Waals surface area contributed by atoms with Crippen LogP contribution in [0.5, 0.6) is 11.5 Å². The maximum absolute atomic E-state index is 13.7. The average molecular weight is 519 g/mol. The van der Waals surface area contributed by atoms with Gasteiger partial charge in [-0.2, -0.15) is 5.10 Å². The lowest BCUT2D eigenvalue weighted by Crippen LogP contribution is -2.43. The number of para-hydroxylation sites is 1. The Labute approximate surface area is 220 Å². The van der Waals surface area contributed by atoms with Crippen LogP contribution in [0.2, 0.25) is 0 Å². The first kappa shape index (κ1) is 25.0. The Kier molecular flexibility index (Phi) is 7.84. The monoisotopic (exact) mass is 518 g/mol. The minimum atomic E-state index is -0.197. The third kappa shape index (κ3) is 5.53. The van der Waals surface area contributed by atoms with Crippen LogP contribution in [0.3, 0.4) is 0 Å². The first-order valence-corrected chi connectivity index (χ1v) is 13.1. The fraction of sp³-hybridized carbons (Fsp3) is 0.286. The number of amides is 1. The molecule has 192 valence electrons. The van der Waals surface area contributed by atoms with E-state index >= 15 is 0 Å². The van der Waals surface area contributed by atoms with Crippen molar-refractivity contribution in [3.63, 3.8) is 0 Å². The van der Waals surface area contributed by atoms with Gasteiger partial charge in [-0.25, -0.2) is 4.68 Å². The zero-order valence-corrected chi connectivity index (χ0v) is 21.7. The second-order valence-electron chi connectivity index (χ2n) is 8.63. The molecule has 0 unspecified atom stereocenters. The number of carbonyl (C=O) groups is 1. The van der Waals surface area contributed by atoms with E-state index in [4.69, 9.17) is 19.3 Å². The molecule has 9 heteroatoms. The Balaban J connectivity index is 1.49. The highest BCUT2D eigenvalue weighted by Crippen LogP contribution is 2.35. The molecule has 3 heterocycles. The molecule has 37 heavy (non-hydrogen) atoms. The van der Waals surface area contributed by atoms with Gasteiger partial charge in [-0.1, -0.05) is 24.3 Å². The Morgan fingerprint density at radius 1 is 1.08 bits per heavy atom. The van der Waals surface area contributed by atoms with E-state index < -0.39 is 0 Å². The summed E-state index contributed by atoms with van der Waals surface area (Å²) in [5.74, 6) is 1.07. The molecule has 1 N–H and O–H groups in total. The molecule has 0 spiro atoms. The summed E-state index contributed by atoms with van der Waals surface area (Å²) < 4.78 is 18.3. The van der Waals surface area contributed by atoms with Crippen LogP contribution in [0.15, 0.2) is 72.2 Å². The third-order valence-electron chi connectivity index (χ3n) is 6.46. The van der Waals surface area contributed by atoms with Gasteiger partial charge >= 0.3 is 0 Å². The minimum absolute atomic E-state index is 0.0758. The Morgan fingerprint density at radius 3 is 2.59 bits per heavy atom. The normalized spacial score (nSPS) is 14.8. The van der Waals surface area contributed by atoms with Crippen molar-refractivity contribution in [2.45, 2.75) is 6.04 Å². The maximum atomic E-state index is 13.7. The van der Waals surface area contributed by atoms with Crippen LogP contribution in [-0.2, 0) is 4.74 Å². The zero-order chi connectivity index (χ0) is 25.6. The number of hydrogen-bond acceptors (Lipinski definition) is 7. The summed E-state index contributed by atoms with van der Waals surface area (Å²) in [6.07, 6.45) is 1.77. The van der Waals surface area contributed by atoms with Crippen molar-refractivity contribution < 1.29 is 19.0 Å². The number of methoxy groups -OCH3 is 2. The van der Waals surface area contributed by atoms with Gasteiger partial charge in [0.05, 0.1) is 44.7 Å². The highest BCUT2D eigenvalue weighted by Gasteiger charge is 2.26. The van der Waals surface area contributed by atoms with Gasteiger partial charge in [0.1, 0.15) is 17.2 Å². The number of morpholine rings is 1. The lowest BCUT2D eigenvalue weighted by Gasteiger charge is -2.34. The summed E-state index contributed by atoms with van der Waals surface area (Å²) in [5, 5.41) is 10.1. The molecule has 1 amide bonds. The van der Waals surface area contributed by atoms with Crippen LogP contribution in [0.1, 0.15) is 21.3 Å². The van der Waals surface area contributed by atoms with Crippen molar-refractivity contribution in [3.05, 3.63) is 82.7 Å². The molecule has 5 rings (SSSR count). The molecular weight excluding hydrogens is 488 g/mol. The van der Waals surface area contributed by atoms with Crippen LogP contribution < -0.4 is 14.8 Å².